The van der Waals surface area contributed by atoms with Crippen LogP contribution in [-0.2, 0) is 16.0 Å². The molecule has 3 amide bonds. The van der Waals surface area contributed by atoms with Gasteiger partial charge in [0.25, 0.3) is 0 Å². The molecule has 0 aliphatic carbocycles. The van der Waals surface area contributed by atoms with Crippen molar-refractivity contribution >= 4 is 55.3 Å². The summed E-state index contributed by atoms with van der Waals surface area (Å²) in [5.41, 5.74) is 7.55. The van der Waals surface area contributed by atoms with Crippen LogP contribution in [0.2, 0.25) is 0 Å². The molecule has 3 heterocycles. The van der Waals surface area contributed by atoms with Gasteiger partial charge in [0.05, 0.1) is 5.69 Å². The van der Waals surface area contributed by atoms with Gasteiger partial charge in [-0.15, -0.1) is 0 Å². The van der Waals surface area contributed by atoms with Crippen molar-refractivity contribution in [2.75, 3.05) is 52.0 Å². The van der Waals surface area contributed by atoms with E-state index in [9.17, 15) is 14.4 Å². The maximum atomic E-state index is 13.7. The Balaban J connectivity index is 1.43. The van der Waals surface area contributed by atoms with Crippen LogP contribution in [0, 0.1) is 11.8 Å². The number of nitrogens with zero attached hydrogens (tertiary/aromatic N) is 3. The number of urea groups is 1. The molecule has 3 N–H and O–H groups in total. The third-order valence-corrected chi connectivity index (χ3v) is 9.38. The molecule has 4 rings (SSSR count). The number of carbonyl (C=O) groups excluding carboxylic acids is 3. The zero-order valence-electron chi connectivity index (χ0n) is 21.0. The molecule has 0 saturated carbocycles. The maximum Gasteiger partial charge on any atom is 0.318 e. The Kier molecular flexibility index (Phi) is 9.33. The van der Waals surface area contributed by atoms with Gasteiger partial charge in [0.15, 0.2) is 0 Å². The van der Waals surface area contributed by atoms with Crippen LogP contribution >= 0.6 is 31.9 Å². The fourth-order valence-corrected chi connectivity index (χ4v) is 6.98. The molecule has 1 atom stereocenters. The predicted molar refractivity (Wildman–Crippen MR) is 148 cm³/mol. The van der Waals surface area contributed by atoms with E-state index >= 15 is 0 Å². The highest BCUT2D eigenvalue weighted by atomic mass is 79.9. The first-order valence-corrected chi connectivity index (χ1v) is 14.6. The molecule has 0 radical (unpaired) electrons. The van der Waals surface area contributed by atoms with E-state index in [2.05, 4.69) is 49.1 Å². The Morgan fingerprint density at radius 3 is 2.03 bits per heavy atom. The molecule has 198 valence electrons. The predicted octanol–water partition coefficient (Wildman–Crippen LogP) is 3.66. The monoisotopic (exact) mass is 625 g/mol. The molecule has 8 nitrogen and oxygen atoms in total. The largest absolute Gasteiger partial charge is 0.397 e. The van der Waals surface area contributed by atoms with Crippen molar-refractivity contribution in [1.82, 2.24) is 20.0 Å². The number of piperidine rings is 3. The van der Waals surface area contributed by atoms with Crippen LogP contribution in [0.15, 0.2) is 21.1 Å². The van der Waals surface area contributed by atoms with E-state index in [1.807, 2.05) is 17.0 Å². The van der Waals surface area contributed by atoms with Crippen molar-refractivity contribution < 1.29 is 14.4 Å². The minimum absolute atomic E-state index is 0.0395. The van der Waals surface area contributed by atoms with Crippen molar-refractivity contribution in [1.29, 1.82) is 0 Å². The van der Waals surface area contributed by atoms with Crippen LogP contribution in [0.5, 0.6) is 0 Å². The van der Waals surface area contributed by atoms with Gasteiger partial charge in [-0.05, 0) is 107 Å². The average molecular weight is 627 g/mol. The highest BCUT2D eigenvalue weighted by Crippen LogP contribution is 2.33. The molecule has 3 saturated heterocycles. The number of benzene rings is 1. The van der Waals surface area contributed by atoms with Crippen LogP contribution in [-0.4, -0.2) is 84.8 Å². The van der Waals surface area contributed by atoms with E-state index in [0.717, 1.165) is 59.4 Å². The summed E-state index contributed by atoms with van der Waals surface area (Å²) in [6.07, 6.45) is 5.63. The van der Waals surface area contributed by atoms with Crippen LogP contribution in [0.3, 0.4) is 0 Å². The second-order valence-corrected chi connectivity index (χ2v) is 12.2. The summed E-state index contributed by atoms with van der Waals surface area (Å²) in [6.45, 7) is 4.57. The second-order valence-electron chi connectivity index (χ2n) is 10.5. The summed E-state index contributed by atoms with van der Waals surface area (Å²) >= 11 is 6.97. The fraction of sp³-hybridized carbons (Fsp3) is 0.654. The number of likely N-dealkylation sites (tertiary alicyclic amines) is 3. The number of carbonyl (C=O) groups is 3. The number of hydrogen-bond donors (Lipinski definition) is 2. The molecule has 0 aromatic heterocycles. The third-order valence-electron chi connectivity index (χ3n) is 8.06. The molecular formula is C26H37Br2N5O3. The van der Waals surface area contributed by atoms with Crippen LogP contribution in [0.1, 0.15) is 44.1 Å². The van der Waals surface area contributed by atoms with Crippen molar-refractivity contribution in [3.8, 4) is 0 Å². The maximum absolute atomic E-state index is 13.7. The molecule has 36 heavy (non-hydrogen) atoms. The first-order valence-electron chi connectivity index (χ1n) is 13.0. The average Bonchev–Trinajstić information content (AvgIpc) is 2.87. The highest BCUT2D eigenvalue weighted by Gasteiger charge is 2.34. The summed E-state index contributed by atoms with van der Waals surface area (Å²) in [7, 11) is 2.19. The number of nitrogens with one attached hydrogen (secondary N) is 1. The zero-order valence-corrected chi connectivity index (χ0v) is 24.2. The van der Waals surface area contributed by atoms with E-state index in [-0.39, 0.29) is 17.7 Å². The number of Topliss-reactive ketones (excluding diaryl/α,β-unsaturated/α-hetero) is 1. The Bertz CT molecular complexity index is 941. The summed E-state index contributed by atoms with van der Waals surface area (Å²) in [6, 6.07) is 2.84. The molecular weight excluding hydrogens is 590 g/mol. The molecule has 1 aromatic rings. The number of hydrogen-bond acceptors (Lipinski definition) is 5. The van der Waals surface area contributed by atoms with Crippen molar-refractivity contribution in [3.63, 3.8) is 0 Å². The van der Waals surface area contributed by atoms with Crippen molar-refractivity contribution in [3.05, 3.63) is 26.6 Å². The number of rotatable bonds is 5. The Hall–Kier alpha value is -1.65. The van der Waals surface area contributed by atoms with Gasteiger partial charge in [-0.1, -0.05) is 0 Å². The lowest BCUT2D eigenvalue weighted by molar-refractivity contribution is -0.135. The molecule has 3 aliphatic heterocycles. The fourth-order valence-electron chi connectivity index (χ4n) is 5.70. The van der Waals surface area contributed by atoms with Gasteiger partial charge >= 0.3 is 6.03 Å². The highest BCUT2D eigenvalue weighted by molar-refractivity contribution is 9.11. The van der Waals surface area contributed by atoms with Crippen molar-refractivity contribution in [2.24, 2.45) is 11.8 Å². The van der Waals surface area contributed by atoms with Crippen LogP contribution < -0.4 is 11.1 Å². The second kappa shape index (κ2) is 12.3. The Labute approximate surface area is 230 Å². The van der Waals surface area contributed by atoms with E-state index in [0.29, 0.717) is 44.0 Å². The van der Waals surface area contributed by atoms with Gasteiger partial charge in [0.2, 0.25) is 5.91 Å². The van der Waals surface area contributed by atoms with Crippen LogP contribution in [0.25, 0.3) is 0 Å². The molecule has 10 heteroatoms. The third kappa shape index (κ3) is 6.81. The normalized spacial score (nSPS) is 21.5. The smallest absolute Gasteiger partial charge is 0.318 e. The van der Waals surface area contributed by atoms with Gasteiger partial charge in [0, 0.05) is 54.4 Å². The van der Waals surface area contributed by atoms with E-state index in [1.54, 1.807) is 4.90 Å². The SMILES string of the molecule is CN1CCC(C2CCN(C(=O)[C@H](Cc3cc(Br)c(N)c(Br)c3)NC(=O)N3CCC(=O)CC3)CC2)CC1. The molecule has 0 unspecified atom stereocenters. The number of halogens is 2. The lowest BCUT2D eigenvalue weighted by atomic mass is 9.79. The molecule has 0 spiro atoms. The summed E-state index contributed by atoms with van der Waals surface area (Å²) in [5, 5.41) is 3.00. The Morgan fingerprint density at radius 2 is 1.47 bits per heavy atom. The molecule has 3 aliphatic rings. The van der Waals surface area contributed by atoms with Gasteiger partial charge in [-0.25, -0.2) is 4.79 Å². The molecule has 1 aromatic carbocycles. The minimum Gasteiger partial charge on any atom is -0.397 e. The molecule has 3 fully saturated rings. The quantitative estimate of drug-likeness (QED) is 0.486. The Morgan fingerprint density at radius 1 is 0.944 bits per heavy atom. The number of nitrogens with two attached hydrogens (primary N) is 1. The van der Waals surface area contributed by atoms with Gasteiger partial charge < -0.3 is 25.8 Å². The van der Waals surface area contributed by atoms with Gasteiger partial charge in [-0.3, -0.25) is 9.59 Å². The number of nitrogen functional groups attached to an aromatic ring is 1. The lowest BCUT2D eigenvalue weighted by Crippen LogP contribution is -2.55. The molecule has 0 bridgehead atoms. The summed E-state index contributed by atoms with van der Waals surface area (Å²) < 4.78 is 1.50. The van der Waals surface area contributed by atoms with E-state index in [1.165, 1.54) is 12.8 Å². The van der Waals surface area contributed by atoms with Gasteiger partial charge in [-0.2, -0.15) is 0 Å². The standard InChI is InChI=1S/C26H37Br2N5O3/c1-31-8-2-18(3-9-31)19-4-10-32(11-5-19)25(35)23(16-17-14-21(27)24(29)22(28)15-17)30-26(36)33-12-6-20(34)7-13-33/h14-15,18-19,23H,2-13,16,29H2,1H3,(H,30,36)/t23-/m0/s1. The van der Waals surface area contributed by atoms with E-state index < -0.39 is 6.04 Å². The van der Waals surface area contributed by atoms with Crippen molar-refractivity contribution in [2.45, 2.75) is 51.0 Å². The van der Waals surface area contributed by atoms with E-state index in [4.69, 9.17) is 5.73 Å². The first-order chi connectivity index (χ1) is 17.2. The number of anilines is 1. The number of amides is 3. The zero-order chi connectivity index (χ0) is 25.8. The summed E-state index contributed by atoms with van der Waals surface area (Å²) in [5.74, 6) is 1.56. The van der Waals surface area contributed by atoms with Gasteiger partial charge in [0.1, 0.15) is 11.8 Å². The summed E-state index contributed by atoms with van der Waals surface area (Å²) in [4.78, 5) is 44.4. The minimum atomic E-state index is -0.683. The first kappa shape index (κ1) is 27.4. The topological polar surface area (TPSA) is 99.0 Å². The number of ketones is 1. The lowest BCUT2D eigenvalue weighted by Gasteiger charge is -2.40. The van der Waals surface area contributed by atoms with Crippen LogP contribution in [0.4, 0.5) is 10.5 Å².